The van der Waals surface area contributed by atoms with E-state index in [9.17, 15) is 0 Å². The molecular weight excluding hydrogens is 332 g/mol. The number of hydrogen-bond acceptors (Lipinski definition) is 3. The Morgan fingerprint density at radius 3 is 2.30 bits per heavy atom. The lowest BCUT2D eigenvalue weighted by Crippen LogP contribution is -2.42. The minimum Gasteiger partial charge on any atom is -0.326 e. The van der Waals surface area contributed by atoms with Crippen molar-refractivity contribution >= 4 is 27.3 Å². The zero-order chi connectivity index (χ0) is 14.1. The van der Waals surface area contributed by atoms with Gasteiger partial charge in [0.2, 0.25) is 0 Å². The highest BCUT2D eigenvalue weighted by Gasteiger charge is 2.35. The summed E-state index contributed by atoms with van der Waals surface area (Å²) >= 11 is 5.45. The van der Waals surface area contributed by atoms with Crippen molar-refractivity contribution in [1.82, 2.24) is 4.90 Å². The summed E-state index contributed by atoms with van der Waals surface area (Å²) in [6.45, 7) is 4.72. The second-order valence-corrected chi connectivity index (χ2v) is 8.38. The monoisotopic (exact) mass is 356 g/mol. The third-order valence-electron chi connectivity index (χ3n) is 4.53. The summed E-state index contributed by atoms with van der Waals surface area (Å²) in [5.41, 5.74) is 6.50. The maximum atomic E-state index is 6.50. The molecule has 4 heteroatoms. The Morgan fingerprint density at radius 2 is 1.90 bits per heavy atom. The number of hydrogen-bond donors (Lipinski definition) is 1. The summed E-state index contributed by atoms with van der Waals surface area (Å²) in [6, 6.07) is 2.94. The minimum absolute atomic E-state index is 0.248. The molecule has 2 unspecified atom stereocenters. The maximum Gasteiger partial charge on any atom is 0.0593 e. The number of halogens is 1. The van der Waals surface area contributed by atoms with Crippen LogP contribution >= 0.6 is 27.3 Å². The average molecular weight is 357 g/mol. The van der Waals surface area contributed by atoms with Gasteiger partial charge in [-0.15, -0.1) is 11.3 Å². The quantitative estimate of drug-likeness (QED) is 0.747. The number of nitrogens with two attached hydrogens (primary N) is 1. The molecule has 2 nitrogen and oxygen atoms in total. The zero-order valence-corrected chi connectivity index (χ0v) is 14.6. The molecule has 0 saturated heterocycles. The lowest BCUT2D eigenvalue weighted by molar-refractivity contribution is 0.157. The number of rotatable bonds is 8. The van der Waals surface area contributed by atoms with E-state index >= 15 is 0 Å². The van der Waals surface area contributed by atoms with Crippen LogP contribution in [0.5, 0.6) is 0 Å². The lowest BCUT2D eigenvalue weighted by atomic mass is 10.0. The van der Waals surface area contributed by atoms with Gasteiger partial charge in [-0.2, -0.15) is 0 Å². The Balaban J connectivity index is 1.79. The number of nitrogens with zero attached hydrogens (tertiary/aromatic N) is 1. The van der Waals surface area contributed by atoms with E-state index in [1.807, 2.05) is 11.3 Å². The molecule has 2 N–H and O–H groups in total. The van der Waals surface area contributed by atoms with Gasteiger partial charge < -0.3 is 5.73 Å². The first-order valence-electron chi connectivity index (χ1n) is 7.91. The van der Waals surface area contributed by atoms with Crippen LogP contribution in [0.25, 0.3) is 0 Å². The molecule has 1 aromatic rings. The predicted octanol–water partition coefficient (Wildman–Crippen LogP) is 4.41. The van der Waals surface area contributed by atoms with E-state index < -0.39 is 0 Å². The standard InChI is InChI=1S/C16H25BrN2S/c1-2-14(18)16(15-7-13(17)10-20-15)19(8-11-3-4-11)9-12-5-6-12/h7,10-12,14,16H,2-6,8-9,18H2,1H3. The summed E-state index contributed by atoms with van der Waals surface area (Å²) < 4.78 is 1.20. The van der Waals surface area contributed by atoms with E-state index in [2.05, 4.69) is 39.2 Å². The molecule has 0 aliphatic heterocycles. The predicted molar refractivity (Wildman–Crippen MR) is 90.0 cm³/mol. The molecule has 2 aliphatic carbocycles. The van der Waals surface area contributed by atoms with E-state index in [1.165, 1.54) is 48.1 Å². The van der Waals surface area contributed by atoms with Gasteiger partial charge in [0.1, 0.15) is 0 Å². The van der Waals surface area contributed by atoms with Gasteiger partial charge in [0.15, 0.2) is 0 Å². The fourth-order valence-electron chi connectivity index (χ4n) is 2.93. The third kappa shape index (κ3) is 3.85. The van der Waals surface area contributed by atoms with Crippen molar-refractivity contribution in [3.05, 3.63) is 20.8 Å². The highest BCUT2D eigenvalue weighted by Crippen LogP contribution is 2.40. The van der Waals surface area contributed by atoms with Gasteiger partial charge in [-0.25, -0.2) is 0 Å². The Bertz CT molecular complexity index is 425. The highest BCUT2D eigenvalue weighted by atomic mass is 79.9. The second-order valence-electron chi connectivity index (χ2n) is 6.52. The van der Waals surface area contributed by atoms with Gasteiger partial charge in [0.25, 0.3) is 0 Å². The van der Waals surface area contributed by atoms with Gasteiger partial charge in [0.05, 0.1) is 6.04 Å². The smallest absolute Gasteiger partial charge is 0.0593 e. The largest absolute Gasteiger partial charge is 0.326 e. The van der Waals surface area contributed by atoms with Crippen molar-refractivity contribution in [2.45, 2.75) is 51.1 Å². The molecule has 2 fully saturated rings. The van der Waals surface area contributed by atoms with Crippen molar-refractivity contribution in [3.63, 3.8) is 0 Å². The minimum atomic E-state index is 0.248. The molecule has 3 rings (SSSR count). The zero-order valence-electron chi connectivity index (χ0n) is 12.2. The van der Waals surface area contributed by atoms with Gasteiger partial charge in [0, 0.05) is 33.9 Å². The molecule has 0 amide bonds. The Kier molecular flexibility index (Phi) is 4.86. The van der Waals surface area contributed by atoms with E-state index in [-0.39, 0.29) is 6.04 Å². The first kappa shape index (κ1) is 15.0. The Labute approximate surface area is 134 Å². The molecule has 0 radical (unpaired) electrons. The van der Waals surface area contributed by atoms with Gasteiger partial charge in [-0.05, 0) is 65.9 Å². The molecule has 2 atom stereocenters. The molecule has 0 aromatic carbocycles. The molecule has 2 aliphatic rings. The second kappa shape index (κ2) is 6.47. The molecule has 0 spiro atoms. The van der Waals surface area contributed by atoms with E-state index in [4.69, 9.17) is 5.73 Å². The summed E-state index contributed by atoms with van der Waals surface area (Å²) in [5.74, 6) is 1.87. The van der Waals surface area contributed by atoms with Gasteiger partial charge in [-0.3, -0.25) is 4.90 Å². The maximum absolute atomic E-state index is 6.50. The first-order chi connectivity index (χ1) is 9.67. The molecule has 2 saturated carbocycles. The van der Waals surface area contributed by atoms with Crippen LogP contribution in [0.15, 0.2) is 15.9 Å². The van der Waals surface area contributed by atoms with Crippen molar-refractivity contribution in [2.24, 2.45) is 17.6 Å². The van der Waals surface area contributed by atoms with E-state index in [1.54, 1.807) is 0 Å². The van der Waals surface area contributed by atoms with E-state index in [0.29, 0.717) is 6.04 Å². The van der Waals surface area contributed by atoms with Gasteiger partial charge in [-0.1, -0.05) is 6.92 Å². The molecule has 0 bridgehead atoms. The highest BCUT2D eigenvalue weighted by molar-refractivity contribution is 9.10. The van der Waals surface area contributed by atoms with Crippen LogP contribution in [0.3, 0.4) is 0 Å². The molecular formula is C16H25BrN2S. The van der Waals surface area contributed by atoms with Crippen LogP contribution in [-0.4, -0.2) is 24.0 Å². The van der Waals surface area contributed by atoms with Gasteiger partial charge >= 0.3 is 0 Å². The normalized spacial score (nSPS) is 22.2. The van der Waals surface area contributed by atoms with E-state index in [0.717, 1.165) is 18.3 Å². The third-order valence-corrected chi connectivity index (χ3v) is 6.29. The molecule has 112 valence electrons. The average Bonchev–Trinajstić information content (AvgIpc) is 3.34. The summed E-state index contributed by atoms with van der Waals surface area (Å²) in [7, 11) is 0. The van der Waals surface area contributed by atoms with Crippen LogP contribution in [0.1, 0.15) is 49.9 Å². The summed E-state index contributed by atoms with van der Waals surface area (Å²) in [6.07, 6.45) is 6.73. The summed E-state index contributed by atoms with van der Waals surface area (Å²) in [4.78, 5) is 4.15. The van der Waals surface area contributed by atoms with Crippen molar-refractivity contribution in [1.29, 1.82) is 0 Å². The van der Waals surface area contributed by atoms with Crippen LogP contribution < -0.4 is 5.73 Å². The molecule has 1 heterocycles. The Hall–Kier alpha value is 0.1000. The fraction of sp³-hybridized carbons (Fsp3) is 0.750. The van der Waals surface area contributed by atoms with Crippen molar-refractivity contribution < 1.29 is 0 Å². The SMILES string of the molecule is CCC(N)C(c1cc(Br)cs1)N(CC1CC1)CC1CC1. The van der Waals surface area contributed by atoms with Crippen molar-refractivity contribution in [2.75, 3.05) is 13.1 Å². The number of thiophene rings is 1. The lowest BCUT2D eigenvalue weighted by Gasteiger charge is -2.35. The molecule has 20 heavy (non-hydrogen) atoms. The molecule has 1 aromatic heterocycles. The topological polar surface area (TPSA) is 29.3 Å². The first-order valence-corrected chi connectivity index (χ1v) is 9.58. The van der Waals surface area contributed by atoms with Crippen LogP contribution in [0.2, 0.25) is 0 Å². The Morgan fingerprint density at radius 1 is 1.30 bits per heavy atom. The van der Waals surface area contributed by atoms with Crippen LogP contribution in [0, 0.1) is 11.8 Å². The van der Waals surface area contributed by atoms with Crippen LogP contribution in [-0.2, 0) is 0 Å². The van der Waals surface area contributed by atoms with Crippen molar-refractivity contribution in [3.8, 4) is 0 Å². The fourth-order valence-corrected chi connectivity index (χ4v) is 4.59. The summed E-state index contributed by atoms with van der Waals surface area (Å²) in [5, 5.41) is 2.19. The van der Waals surface area contributed by atoms with Crippen LogP contribution in [0.4, 0.5) is 0 Å².